The van der Waals surface area contributed by atoms with Crippen molar-refractivity contribution in [3.05, 3.63) is 47.4 Å². The molecule has 1 saturated heterocycles. The molecular weight excluding hydrogens is 418 g/mol. The van der Waals surface area contributed by atoms with Gasteiger partial charge in [0.05, 0.1) is 36.3 Å². The number of rotatable bonds is 4. The number of nitrogens with zero attached hydrogens (tertiary/aromatic N) is 4. The molecule has 31 heavy (non-hydrogen) atoms. The first-order valence-electron chi connectivity index (χ1n) is 10.2. The second kappa shape index (κ2) is 8.72. The summed E-state index contributed by atoms with van der Waals surface area (Å²) in [7, 11) is 0. The van der Waals surface area contributed by atoms with Crippen LogP contribution in [0.3, 0.4) is 0 Å². The maximum absolute atomic E-state index is 11.9. The molecule has 0 atom stereocenters. The van der Waals surface area contributed by atoms with Crippen molar-refractivity contribution >= 4 is 28.9 Å². The van der Waals surface area contributed by atoms with Crippen LogP contribution >= 0.6 is 11.6 Å². The number of alkyl carbamates (subject to hydrolysis) is 1. The summed E-state index contributed by atoms with van der Waals surface area (Å²) in [6.07, 6.45) is 3.07. The Morgan fingerprint density at radius 1 is 1.26 bits per heavy atom. The van der Waals surface area contributed by atoms with Gasteiger partial charge in [-0.2, -0.15) is 5.10 Å². The van der Waals surface area contributed by atoms with Gasteiger partial charge in [0.2, 0.25) is 0 Å². The number of amides is 1. The van der Waals surface area contributed by atoms with Crippen molar-refractivity contribution in [2.24, 2.45) is 0 Å². The first kappa shape index (κ1) is 21.4. The highest BCUT2D eigenvalue weighted by Crippen LogP contribution is 2.30. The van der Waals surface area contributed by atoms with Gasteiger partial charge >= 0.3 is 6.09 Å². The Bertz CT molecular complexity index is 1090. The van der Waals surface area contributed by atoms with E-state index in [1.807, 2.05) is 49.7 Å². The van der Waals surface area contributed by atoms with Crippen LogP contribution in [0, 0.1) is 0 Å². The van der Waals surface area contributed by atoms with Crippen LogP contribution in [0.5, 0.6) is 0 Å². The zero-order valence-corrected chi connectivity index (χ0v) is 18.6. The lowest BCUT2D eigenvalue weighted by molar-refractivity contribution is 0.0523. The third-order valence-corrected chi connectivity index (χ3v) is 5.27. The van der Waals surface area contributed by atoms with Crippen LogP contribution in [-0.4, -0.2) is 52.6 Å². The molecule has 3 aromatic rings. The van der Waals surface area contributed by atoms with Gasteiger partial charge in [-0.15, -0.1) is 0 Å². The molecule has 1 N–H and O–H groups in total. The normalized spacial score (nSPS) is 14.6. The molecule has 4 rings (SSSR count). The summed E-state index contributed by atoms with van der Waals surface area (Å²) in [5.74, 6) is 0. The minimum absolute atomic E-state index is 0.277. The van der Waals surface area contributed by atoms with Gasteiger partial charge in [0.15, 0.2) is 0 Å². The van der Waals surface area contributed by atoms with Crippen molar-refractivity contribution in [2.75, 3.05) is 31.2 Å². The number of hydrogen-bond acceptors (Lipinski definition) is 6. The summed E-state index contributed by atoms with van der Waals surface area (Å²) in [4.78, 5) is 18.7. The van der Waals surface area contributed by atoms with E-state index in [1.165, 1.54) is 6.33 Å². The van der Waals surface area contributed by atoms with Gasteiger partial charge in [0.25, 0.3) is 0 Å². The Hall–Kier alpha value is -2.84. The third kappa shape index (κ3) is 5.08. The number of carbonyl (C=O) groups excluding carboxylic acids is 1. The Balaban J connectivity index is 1.55. The summed E-state index contributed by atoms with van der Waals surface area (Å²) in [5.41, 5.74) is 3.92. The zero-order valence-electron chi connectivity index (χ0n) is 17.9. The highest BCUT2D eigenvalue weighted by atomic mass is 35.5. The summed E-state index contributed by atoms with van der Waals surface area (Å²) < 4.78 is 12.5. The van der Waals surface area contributed by atoms with E-state index in [4.69, 9.17) is 21.1 Å². The summed E-state index contributed by atoms with van der Waals surface area (Å²) in [6, 6.07) is 7.78. The second-order valence-corrected chi connectivity index (χ2v) is 8.81. The molecule has 0 radical (unpaired) electrons. The molecule has 1 aliphatic heterocycles. The van der Waals surface area contributed by atoms with Crippen molar-refractivity contribution in [3.8, 4) is 11.3 Å². The van der Waals surface area contributed by atoms with E-state index in [1.54, 1.807) is 0 Å². The number of carbonyl (C=O) groups is 1. The quantitative estimate of drug-likeness (QED) is 0.658. The molecule has 0 unspecified atom stereocenters. The van der Waals surface area contributed by atoms with Gasteiger partial charge < -0.3 is 19.7 Å². The lowest BCUT2D eigenvalue weighted by Gasteiger charge is -2.27. The van der Waals surface area contributed by atoms with Crippen LogP contribution in [0.1, 0.15) is 26.3 Å². The molecule has 1 amide bonds. The minimum Gasteiger partial charge on any atom is -0.444 e. The van der Waals surface area contributed by atoms with E-state index in [0.29, 0.717) is 5.02 Å². The van der Waals surface area contributed by atoms with Crippen LogP contribution in [0.2, 0.25) is 5.02 Å². The van der Waals surface area contributed by atoms with E-state index < -0.39 is 11.7 Å². The van der Waals surface area contributed by atoms with Crippen LogP contribution in [0.4, 0.5) is 10.5 Å². The van der Waals surface area contributed by atoms with Crippen LogP contribution < -0.4 is 10.2 Å². The summed E-state index contributed by atoms with van der Waals surface area (Å²) in [5, 5.41) is 7.63. The number of fused-ring (bicyclic) bond motifs is 1. The van der Waals surface area contributed by atoms with Gasteiger partial charge in [0.1, 0.15) is 11.9 Å². The number of benzene rings is 1. The second-order valence-electron chi connectivity index (χ2n) is 8.40. The number of hydrogen-bond donors (Lipinski definition) is 1. The fraction of sp³-hybridized carbons (Fsp3) is 0.409. The predicted octanol–water partition coefficient (Wildman–Crippen LogP) is 3.91. The van der Waals surface area contributed by atoms with Crippen LogP contribution in [-0.2, 0) is 16.0 Å². The van der Waals surface area contributed by atoms with Crippen molar-refractivity contribution in [3.63, 3.8) is 0 Å². The molecule has 3 heterocycles. The zero-order chi connectivity index (χ0) is 22.0. The third-order valence-electron chi connectivity index (χ3n) is 4.92. The van der Waals surface area contributed by atoms with E-state index in [-0.39, 0.29) is 6.54 Å². The maximum Gasteiger partial charge on any atom is 0.407 e. The molecule has 0 aliphatic carbocycles. The van der Waals surface area contributed by atoms with Crippen molar-refractivity contribution in [1.29, 1.82) is 0 Å². The summed E-state index contributed by atoms with van der Waals surface area (Å²) >= 11 is 6.51. The van der Waals surface area contributed by atoms with Gasteiger partial charge in [0, 0.05) is 30.2 Å². The predicted molar refractivity (Wildman–Crippen MR) is 120 cm³/mol. The minimum atomic E-state index is -0.548. The molecular formula is C22H26ClN5O3. The van der Waals surface area contributed by atoms with Gasteiger partial charge in [-0.1, -0.05) is 23.7 Å². The number of halogens is 1. The first-order valence-corrected chi connectivity index (χ1v) is 10.6. The highest BCUT2D eigenvalue weighted by molar-refractivity contribution is 6.31. The largest absolute Gasteiger partial charge is 0.444 e. The lowest BCUT2D eigenvalue weighted by atomic mass is 10.1. The van der Waals surface area contributed by atoms with Crippen molar-refractivity contribution < 1.29 is 14.3 Å². The highest BCUT2D eigenvalue weighted by Gasteiger charge is 2.18. The van der Waals surface area contributed by atoms with Gasteiger partial charge in [-0.3, -0.25) is 0 Å². The fourth-order valence-corrected chi connectivity index (χ4v) is 3.70. The molecule has 1 fully saturated rings. The number of nitrogens with one attached hydrogen (secondary N) is 1. The van der Waals surface area contributed by atoms with E-state index in [2.05, 4.69) is 26.4 Å². The molecule has 2 aromatic heterocycles. The fourth-order valence-electron chi connectivity index (χ4n) is 3.45. The number of ether oxygens (including phenoxy) is 2. The standard InChI is InChI=1S/C22H26ClN5O3/c1-22(2,3)31-21(29)24-12-16-5-4-15(10-18(16)23)20-19-11-17(13-28(19)26-14-25-20)27-6-8-30-9-7-27/h4-5,10-11,13-14H,6-9,12H2,1-3H3,(H,24,29). The molecule has 0 spiro atoms. The van der Waals surface area contributed by atoms with Gasteiger partial charge in [-0.25, -0.2) is 14.3 Å². The first-order chi connectivity index (χ1) is 14.8. The van der Waals surface area contributed by atoms with E-state index in [0.717, 1.165) is 54.3 Å². The maximum atomic E-state index is 11.9. The average molecular weight is 444 g/mol. The van der Waals surface area contributed by atoms with Gasteiger partial charge in [-0.05, 0) is 38.5 Å². The number of anilines is 1. The Morgan fingerprint density at radius 2 is 2.03 bits per heavy atom. The number of aromatic nitrogens is 3. The molecule has 8 nitrogen and oxygen atoms in total. The van der Waals surface area contributed by atoms with E-state index in [9.17, 15) is 4.79 Å². The molecule has 0 bridgehead atoms. The van der Waals surface area contributed by atoms with Crippen molar-refractivity contribution in [2.45, 2.75) is 32.9 Å². The lowest BCUT2D eigenvalue weighted by Crippen LogP contribution is -2.35. The van der Waals surface area contributed by atoms with Crippen LogP contribution in [0.25, 0.3) is 16.8 Å². The van der Waals surface area contributed by atoms with E-state index >= 15 is 0 Å². The number of morpholine rings is 1. The molecule has 164 valence electrons. The molecule has 1 aliphatic rings. The molecule has 0 saturated carbocycles. The SMILES string of the molecule is CC(C)(C)OC(=O)NCc1ccc(-c2ncnn3cc(N4CCOCC4)cc23)cc1Cl. The molecule has 9 heteroatoms. The Kier molecular flexibility index (Phi) is 6.02. The Labute approximate surface area is 186 Å². The summed E-state index contributed by atoms with van der Waals surface area (Å²) in [6.45, 7) is 8.89. The van der Waals surface area contributed by atoms with Crippen LogP contribution in [0.15, 0.2) is 36.8 Å². The average Bonchev–Trinajstić information content (AvgIpc) is 3.17. The smallest absolute Gasteiger partial charge is 0.407 e. The Morgan fingerprint density at radius 3 is 2.74 bits per heavy atom. The monoisotopic (exact) mass is 443 g/mol. The topological polar surface area (TPSA) is 81.0 Å². The molecule has 1 aromatic carbocycles. The van der Waals surface area contributed by atoms with Crippen molar-refractivity contribution in [1.82, 2.24) is 19.9 Å².